The van der Waals surface area contributed by atoms with Gasteiger partial charge in [-0.15, -0.1) is 0 Å². The maximum Gasteiger partial charge on any atom is 0.273 e. The van der Waals surface area contributed by atoms with Gasteiger partial charge in [0, 0.05) is 19.1 Å². The van der Waals surface area contributed by atoms with Crippen LogP contribution in [-0.2, 0) is 6.42 Å². The highest BCUT2D eigenvalue weighted by Crippen LogP contribution is 2.13. The third-order valence-corrected chi connectivity index (χ3v) is 3.54. The summed E-state index contributed by atoms with van der Waals surface area (Å²) in [6.07, 6.45) is 1.83. The van der Waals surface area contributed by atoms with Crippen LogP contribution in [0, 0.1) is 0 Å². The first kappa shape index (κ1) is 15.5. The molecular weight excluding hydrogens is 242 g/mol. The van der Waals surface area contributed by atoms with Gasteiger partial charge in [0.25, 0.3) is 5.91 Å². The molecule has 0 spiro atoms. The fourth-order valence-electron chi connectivity index (χ4n) is 1.79. The van der Waals surface area contributed by atoms with E-state index in [1.165, 1.54) is 0 Å². The predicted octanol–water partition coefficient (Wildman–Crippen LogP) is 1.01. The second kappa shape index (κ2) is 7.13. The van der Waals surface area contributed by atoms with Crippen molar-refractivity contribution < 1.29 is 4.79 Å². The zero-order valence-electron chi connectivity index (χ0n) is 12.3. The molecule has 0 aromatic carbocycles. The minimum atomic E-state index is -0.217. The summed E-state index contributed by atoms with van der Waals surface area (Å²) >= 11 is 0. The first-order valence-electron chi connectivity index (χ1n) is 6.82. The molecule has 1 atom stereocenters. The molecule has 0 aliphatic rings. The minimum absolute atomic E-state index is 0.217. The van der Waals surface area contributed by atoms with Crippen molar-refractivity contribution in [1.29, 1.82) is 0 Å². The van der Waals surface area contributed by atoms with Crippen LogP contribution in [-0.4, -0.2) is 47.2 Å². The van der Waals surface area contributed by atoms with Crippen LogP contribution >= 0.6 is 0 Å². The monoisotopic (exact) mass is 267 g/mol. The largest absolute Gasteiger partial charge is 0.395 e. The number of nitrogen functional groups attached to an aromatic ring is 1. The van der Waals surface area contributed by atoms with E-state index in [1.807, 2.05) is 6.92 Å². The third kappa shape index (κ3) is 3.96. The number of nitrogens with zero attached hydrogens (tertiary/aromatic N) is 2. The highest BCUT2D eigenvalue weighted by atomic mass is 16.1. The van der Waals surface area contributed by atoms with Gasteiger partial charge in [-0.3, -0.25) is 9.89 Å². The molecule has 6 nitrogen and oxygen atoms in total. The van der Waals surface area contributed by atoms with Gasteiger partial charge in [-0.25, -0.2) is 0 Å². The van der Waals surface area contributed by atoms with Crippen molar-refractivity contribution in [2.24, 2.45) is 0 Å². The average molecular weight is 267 g/mol. The molecule has 0 saturated heterocycles. The van der Waals surface area contributed by atoms with Gasteiger partial charge in [0.2, 0.25) is 0 Å². The van der Waals surface area contributed by atoms with Crippen molar-refractivity contribution in [2.45, 2.75) is 39.7 Å². The van der Waals surface area contributed by atoms with Gasteiger partial charge in [0.15, 0.2) is 5.69 Å². The van der Waals surface area contributed by atoms with Crippen molar-refractivity contribution in [3.8, 4) is 0 Å². The van der Waals surface area contributed by atoms with Crippen LogP contribution in [0.1, 0.15) is 43.4 Å². The van der Waals surface area contributed by atoms with E-state index in [2.05, 4.69) is 41.3 Å². The van der Waals surface area contributed by atoms with Gasteiger partial charge < -0.3 is 16.0 Å². The molecule has 0 aliphatic heterocycles. The summed E-state index contributed by atoms with van der Waals surface area (Å²) in [7, 11) is 2.05. The molecule has 1 aromatic rings. The number of hydrogen-bond donors (Lipinski definition) is 3. The smallest absolute Gasteiger partial charge is 0.273 e. The lowest BCUT2D eigenvalue weighted by atomic mass is 10.2. The zero-order chi connectivity index (χ0) is 14.4. The van der Waals surface area contributed by atoms with Crippen LogP contribution in [0.3, 0.4) is 0 Å². The number of aryl methyl sites for hydroxylation is 1. The Morgan fingerprint density at radius 3 is 2.74 bits per heavy atom. The minimum Gasteiger partial charge on any atom is -0.395 e. The van der Waals surface area contributed by atoms with Crippen molar-refractivity contribution in [1.82, 2.24) is 20.4 Å². The number of amides is 1. The lowest BCUT2D eigenvalue weighted by molar-refractivity contribution is 0.0943. The molecule has 4 N–H and O–H groups in total. The van der Waals surface area contributed by atoms with E-state index in [9.17, 15) is 4.79 Å². The number of aromatic nitrogens is 2. The highest BCUT2D eigenvalue weighted by molar-refractivity contribution is 5.97. The van der Waals surface area contributed by atoms with Gasteiger partial charge in [-0.1, -0.05) is 13.8 Å². The van der Waals surface area contributed by atoms with Crippen LogP contribution in [0.25, 0.3) is 0 Å². The molecule has 0 fully saturated rings. The Morgan fingerprint density at radius 1 is 1.53 bits per heavy atom. The van der Waals surface area contributed by atoms with E-state index in [0.29, 0.717) is 24.0 Å². The van der Waals surface area contributed by atoms with E-state index in [0.717, 1.165) is 25.1 Å². The Labute approximate surface area is 114 Å². The van der Waals surface area contributed by atoms with Crippen molar-refractivity contribution in [2.75, 3.05) is 25.9 Å². The third-order valence-electron chi connectivity index (χ3n) is 3.54. The number of nitrogens with one attached hydrogen (secondary N) is 2. The average Bonchev–Trinajstić information content (AvgIpc) is 2.78. The fourth-order valence-corrected chi connectivity index (χ4v) is 1.79. The Balaban J connectivity index is 2.45. The Kier molecular flexibility index (Phi) is 5.82. The molecule has 1 unspecified atom stereocenters. The van der Waals surface area contributed by atoms with Crippen molar-refractivity contribution in [3.05, 3.63) is 11.4 Å². The quantitative estimate of drug-likeness (QED) is 0.688. The predicted molar refractivity (Wildman–Crippen MR) is 77.1 cm³/mol. The molecule has 1 heterocycles. The summed E-state index contributed by atoms with van der Waals surface area (Å²) in [5.41, 5.74) is 7.41. The van der Waals surface area contributed by atoms with Crippen molar-refractivity contribution in [3.63, 3.8) is 0 Å². The van der Waals surface area contributed by atoms with Gasteiger partial charge in [0.05, 0.1) is 11.4 Å². The molecule has 6 heteroatoms. The number of aromatic amines is 1. The SMILES string of the molecule is CCc1[nH]nc(C(=O)NCCN(C)C(C)CC)c1N. The Bertz CT molecular complexity index is 415. The lowest BCUT2D eigenvalue weighted by Gasteiger charge is -2.23. The standard InChI is InChI=1S/C13H25N5O/c1-5-9(3)18(4)8-7-15-13(19)12-11(14)10(6-2)16-17-12/h9H,5-8,14H2,1-4H3,(H,15,19)(H,16,17). The van der Waals surface area contributed by atoms with Crippen molar-refractivity contribution >= 4 is 11.6 Å². The van der Waals surface area contributed by atoms with E-state index in [1.54, 1.807) is 0 Å². The molecule has 1 amide bonds. The summed E-state index contributed by atoms with van der Waals surface area (Å²) in [5, 5.41) is 9.59. The fraction of sp³-hybridized carbons (Fsp3) is 0.692. The van der Waals surface area contributed by atoms with Crippen LogP contribution in [0.2, 0.25) is 0 Å². The molecule has 108 valence electrons. The normalized spacial score (nSPS) is 12.7. The van der Waals surface area contributed by atoms with Gasteiger partial charge in [0.1, 0.15) is 0 Å². The number of likely N-dealkylation sites (N-methyl/N-ethyl adjacent to an activating group) is 1. The molecule has 19 heavy (non-hydrogen) atoms. The number of nitrogens with two attached hydrogens (primary N) is 1. The van der Waals surface area contributed by atoms with E-state index in [4.69, 9.17) is 5.73 Å². The summed E-state index contributed by atoms with van der Waals surface area (Å²) in [5.74, 6) is -0.217. The van der Waals surface area contributed by atoms with Gasteiger partial charge in [-0.05, 0) is 26.8 Å². The first-order chi connectivity index (χ1) is 9.01. The number of anilines is 1. The maximum atomic E-state index is 11.9. The highest BCUT2D eigenvalue weighted by Gasteiger charge is 2.16. The summed E-state index contributed by atoms with van der Waals surface area (Å²) in [6.45, 7) is 7.68. The van der Waals surface area contributed by atoms with Crippen LogP contribution in [0.4, 0.5) is 5.69 Å². The summed E-state index contributed by atoms with van der Waals surface area (Å²) in [6, 6.07) is 0.513. The first-order valence-corrected chi connectivity index (χ1v) is 6.82. The van der Waals surface area contributed by atoms with E-state index >= 15 is 0 Å². The topological polar surface area (TPSA) is 87.0 Å². The number of carbonyl (C=O) groups is 1. The Hall–Kier alpha value is -1.56. The molecule has 1 rings (SSSR count). The van der Waals surface area contributed by atoms with Crippen LogP contribution in [0.15, 0.2) is 0 Å². The molecule has 0 aliphatic carbocycles. The molecule has 0 radical (unpaired) electrons. The van der Waals surface area contributed by atoms with E-state index < -0.39 is 0 Å². The number of H-pyrrole nitrogens is 1. The van der Waals surface area contributed by atoms with Gasteiger partial charge >= 0.3 is 0 Å². The number of carbonyl (C=O) groups excluding carboxylic acids is 1. The maximum absolute atomic E-state index is 11.9. The number of rotatable bonds is 7. The van der Waals surface area contributed by atoms with Crippen LogP contribution in [0.5, 0.6) is 0 Å². The zero-order valence-corrected chi connectivity index (χ0v) is 12.3. The van der Waals surface area contributed by atoms with Crippen LogP contribution < -0.4 is 11.1 Å². The lowest BCUT2D eigenvalue weighted by Crippen LogP contribution is -2.37. The molecule has 0 bridgehead atoms. The second-order valence-electron chi connectivity index (χ2n) is 4.81. The van der Waals surface area contributed by atoms with E-state index in [-0.39, 0.29) is 5.91 Å². The molecular formula is C13H25N5O. The Morgan fingerprint density at radius 2 is 2.21 bits per heavy atom. The summed E-state index contributed by atoms with van der Waals surface area (Å²) < 4.78 is 0. The molecule has 0 saturated carbocycles. The van der Waals surface area contributed by atoms with Gasteiger partial charge in [-0.2, -0.15) is 5.10 Å². The summed E-state index contributed by atoms with van der Waals surface area (Å²) in [4.78, 5) is 14.1. The second-order valence-corrected chi connectivity index (χ2v) is 4.81. The number of hydrogen-bond acceptors (Lipinski definition) is 4. The molecule has 1 aromatic heterocycles.